The molecule has 0 aromatic heterocycles. The lowest BCUT2D eigenvalue weighted by molar-refractivity contribution is -0.142. The van der Waals surface area contributed by atoms with Crippen molar-refractivity contribution >= 4 is 5.97 Å². The summed E-state index contributed by atoms with van der Waals surface area (Å²) < 4.78 is 0. The molecule has 1 atom stereocenters. The summed E-state index contributed by atoms with van der Waals surface area (Å²) in [6, 6.07) is 0.415. The van der Waals surface area contributed by atoms with Crippen LogP contribution in [0.15, 0.2) is 0 Å². The monoisotopic (exact) mass is 203 g/mol. The van der Waals surface area contributed by atoms with Crippen molar-refractivity contribution in [3.8, 4) is 0 Å². The van der Waals surface area contributed by atoms with Gasteiger partial charge in [0.25, 0.3) is 0 Å². The standard InChI is InChI=1S/C9H19NO2.C2H6/c1-5-8(9(11)12)6-10(4)7(2)3;1-2/h7-8H,5-6H2,1-4H3,(H,11,12);1-2H3. The van der Waals surface area contributed by atoms with E-state index in [1.54, 1.807) is 0 Å². The van der Waals surface area contributed by atoms with Crippen LogP contribution in [-0.4, -0.2) is 35.6 Å². The summed E-state index contributed by atoms with van der Waals surface area (Å²) in [6.45, 7) is 10.7. The number of hydrogen-bond acceptors (Lipinski definition) is 2. The summed E-state index contributed by atoms with van der Waals surface area (Å²) >= 11 is 0. The predicted molar refractivity (Wildman–Crippen MR) is 60.5 cm³/mol. The molecule has 0 saturated heterocycles. The van der Waals surface area contributed by atoms with Gasteiger partial charge in [-0.25, -0.2) is 0 Å². The van der Waals surface area contributed by atoms with Crippen LogP contribution < -0.4 is 0 Å². The zero-order chi connectivity index (χ0) is 11.7. The maximum absolute atomic E-state index is 10.7. The Balaban J connectivity index is 0. The van der Waals surface area contributed by atoms with Gasteiger partial charge in [0.2, 0.25) is 0 Å². The third kappa shape index (κ3) is 6.89. The van der Waals surface area contributed by atoms with Gasteiger partial charge < -0.3 is 10.0 Å². The van der Waals surface area contributed by atoms with E-state index in [-0.39, 0.29) is 5.92 Å². The number of nitrogens with zero attached hydrogens (tertiary/aromatic N) is 1. The fraction of sp³-hybridized carbons (Fsp3) is 0.909. The lowest BCUT2D eigenvalue weighted by Crippen LogP contribution is -2.34. The van der Waals surface area contributed by atoms with Crippen LogP contribution in [-0.2, 0) is 4.79 Å². The van der Waals surface area contributed by atoms with Gasteiger partial charge in [0.05, 0.1) is 5.92 Å². The van der Waals surface area contributed by atoms with Gasteiger partial charge in [-0.2, -0.15) is 0 Å². The van der Waals surface area contributed by atoms with Crippen molar-refractivity contribution in [1.29, 1.82) is 0 Å². The van der Waals surface area contributed by atoms with Crippen molar-refractivity contribution in [3.63, 3.8) is 0 Å². The number of carbonyl (C=O) groups is 1. The van der Waals surface area contributed by atoms with Gasteiger partial charge in [0.1, 0.15) is 0 Å². The van der Waals surface area contributed by atoms with Crippen LogP contribution in [0.4, 0.5) is 0 Å². The number of hydrogen-bond donors (Lipinski definition) is 1. The first-order valence-electron chi connectivity index (χ1n) is 5.42. The largest absolute Gasteiger partial charge is 0.481 e. The zero-order valence-corrected chi connectivity index (χ0v) is 10.4. The summed E-state index contributed by atoms with van der Waals surface area (Å²) in [5.41, 5.74) is 0. The van der Waals surface area contributed by atoms with Crippen molar-refractivity contribution in [3.05, 3.63) is 0 Å². The molecule has 0 fully saturated rings. The highest BCUT2D eigenvalue weighted by molar-refractivity contribution is 5.70. The summed E-state index contributed by atoms with van der Waals surface area (Å²) in [6.07, 6.45) is 0.701. The molecule has 1 unspecified atom stereocenters. The lowest BCUT2D eigenvalue weighted by Gasteiger charge is -2.23. The summed E-state index contributed by atoms with van der Waals surface area (Å²) in [5.74, 6) is -0.914. The fourth-order valence-corrected chi connectivity index (χ4v) is 0.940. The Labute approximate surface area is 88.1 Å². The minimum atomic E-state index is -0.690. The van der Waals surface area contributed by atoms with Crippen LogP contribution in [0.25, 0.3) is 0 Å². The number of aliphatic carboxylic acids is 1. The fourth-order valence-electron chi connectivity index (χ4n) is 0.940. The van der Waals surface area contributed by atoms with E-state index < -0.39 is 5.97 Å². The summed E-state index contributed by atoms with van der Waals surface area (Å²) in [4.78, 5) is 12.7. The lowest BCUT2D eigenvalue weighted by atomic mass is 10.1. The van der Waals surface area contributed by atoms with Gasteiger partial charge >= 0.3 is 5.97 Å². The SMILES string of the molecule is CC.CCC(CN(C)C(C)C)C(=O)O. The molecule has 0 spiro atoms. The molecule has 0 rings (SSSR count). The molecule has 0 amide bonds. The van der Waals surface area contributed by atoms with Crippen LogP contribution in [0.2, 0.25) is 0 Å². The Morgan fingerprint density at radius 3 is 2.00 bits per heavy atom. The first-order chi connectivity index (χ1) is 6.49. The smallest absolute Gasteiger partial charge is 0.307 e. The molecule has 0 aliphatic carbocycles. The summed E-state index contributed by atoms with van der Waals surface area (Å²) in [5, 5.41) is 8.78. The van der Waals surface area contributed by atoms with Crippen LogP contribution >= 0.6 is 0 Å². The van der Waals surface area contributed by atoms with E-state index in [1.165, 1.54) is 0 Å². The van der Waals surface area contributed by atoms with Crippen molar-refractivity contribution in [2.24, 2.45) is 5.92 Å². The maximum atomic E-state index is 10.7. The molecular weight excluding hydrogens is 178 g/mol. The molecule has 3 nitrogen and oxygen atoms in total. The molecule has 14 heavy (non-hydrogen) atoms. The molecule has 0 radical (unpaired) electrons. The van der Waals surface area contributed by atoms with Crippen molar-refractivity contribution in [2.75, 3.05) is 13.6 Å². The van der Waals surface area contributed by atoms with E-state index in [9.17, 15) is 4.79 Å². The molecule has 3 heteroatoms. The van der Waals surface area contributed by atoms with Gasteiger partial charge in [-0.1, -0.05) is 20.8 Å². The van der Waals surface area contributed by atoms with Gasteiger partial charge in [0.15, 0.2) is 0 Å². The number of carboxylic acids is 1. The van der Waals surface area contributed by atoms with Crippen LogP contribution in [0.3, 0.4) is 0 Å². The van der Waals surface area contributed by atoms with Gasteiger partial charge in [-0.3, -0.25) is 4.79 Å². The second-order valence-electron chi connectivity index (χ2n) is 3.48. The molecule has 0 saturated carbocycles. The molecule has 0 aromatic rings. The van der Waals surface area contributed by atoms with E-state index >= 15 is 0 Å². The van der Waals surface area contributed by atoms with Crippen LogP contribution in [0, 0.1) is 5.92 Å². The molecule has 0 bridgehead atoms. The first-order valence-corrected chi connectivity index (χ1v) is 5.42. The predicted octanol–water partition coefficient (Wildman–Crippen LogP) is 2.46. The van der Waals surface area contributed by atoms with E-state index in [0.717, 1.165) is 0 Å². The molecular formula is C11H25NO2. The van der Waals surface area contributed by atoms with E-state index in [1.807, 2.05) is 27.8 Å². The van der Waals surface area contributed by atoms with Crippen molar-refractivity contribution < 1.29 is 9.90 Å². The normalized spacial score (nSPS) is 12.3. The highest BCUT2D eigenvalue weighted by atomic mass is 16.4. The third-order valence-electron chi connectivity index (χ3n) is 2.23. The average Bonchev–Trinajstić information content (AvgIpc) is 2.16. The van der Waals surface area contributed by atoms with Crippen LogP contribution in [0.1, 0.15) is 41.0 Å². The second kappa shape index (κ2) is 9.00. The Hall–Kier alpha value is -0.570. The Morgan fingerprint density at radius 2 is 1.79 bits per heavy atom. The second-order valence-corrected chi connectivity index (χ2v) is 3.48. The minimum absolute atomic E-state index is 0.225. The van der Waals surface area contributed by atoms with E-state index in [2.05, 4.69) is 18.7 Å². The Kier molecular flexibility index (Phi) is 10.2. The first kappa shape index (κ1) is 15.9. The number of carboxylic acid groups (broad SMARTS) is 1. The molecule has 0 aromatic carbocycles. The van der Waals surface area contributed by atoms with Gasteiger partial charge in [-0.15, -0.1) is 0 Å². The molecule has 0 aliphatic rings. The quantitative estimate of drug-likeness (QED) is 0.746. The third-order valence-corrected chi connectivity index (χ3v) is 2.23. The molecule has 0 heterocycles. The maximum Gasteiger partial charge on any atom is 0.307 e. The topological polar surface area (TPSA) is 40.5 Å². The minimum Gasteiger partial charge on any atom is -0.481 e. The average molecular weight is 203 g/mol. The Morgan fingerprint density at radius 1 is 1.36 bits per heavy atom. The van der Waals surface area contributed by atoms with Crippen molar-refractivity contribution in [2.45, 2.75) is 47.1 Å². The van der Waals surface area contributed by atoms with Crippen LogP contribution in [0.5, 0.6) is 0 Å². The highest BCUT2D eigenvalue weighted by Gasteiger charge is 2.17. The van der Waals surface area contributed by atoms with Crippen molar-refractivity contribution in [1.82, 2.24) is 4.90 Å². The summed E-state index contributed by atoms with van der Waals surface area (Å²) in [7, 11) is 1.95. The van der Waals surface area contributed by atoms with Gasteiger partial charge in [-0.05, 0) is 27.3 Å². The van der Waals surface area contributed by atoms with E-state index in [4.69, 9.17) is 5.11 Å². The zero-order valence-electron chi connectivity index (χ0n) is 10.4. The number of rotatable bonds is 5. The van der Waals surface area contributed by atoms with Gasteiger partial charge in [0, 0.05) is 12.6 Å². The molecule has 1 N–H and O–H groups in total. The highest BCUT2D eigenvalue weighted by Crippen LogP contribution is 2.06. The molecule has 0 aliphatic heterocycles. The Bertz CT molecular complexity index is 146. The molecule has 86 valence electrons. The van der Waals surface area contributed by atoms with E-state index in [0.29, 0.717) is 19.0 Å².